The van der Waals surface area contributed by atoms with Gasteiger partial charge in [0.2, 0.25) is 0 Å². The molecule has 0 bridgehead atoms. The van der Waals surface area contributed by atoms with Gasteiger partial charge in [0.25, 0.3) is 5.91 Å². The molecule has 1 aromatic rings. The molecule has 3 rings (SSSR count). The molecule has 0 unspecified atom stereocenters. The summed E-state index contributed by atoms with van der Waals surface area (Å²) >= 11 is 1.17. The van der Waals surface area contributed by atoms with Gasteiger partial charge in [0.05, 0.1) is 4.91 Å². The number of carboxylic acid groups (broad SMARTS) is 1. The number of carbonyl (C=O) groups excluding carboxylic acids is 1. The zero-order chi connectivity index (χ0) is 17.8. The van der Waals surface area contributed by atoms with E-state index < -0.39 is 12.0 Å². The predicted molar refractivity (Wildman–Crippen MR) is 97.2 cm³/mol. The molecule has 0 radical (unpaired) electrons. The van der Waals surface area contributed by atoms with E-state index in [1.165, 1.54) is 11.8 Å². The Kier molecular flexibility index (Phi) is 5.63. The third-order valence-electron chi connectivity index (χ3n) is 4.56. The van der Waals surface area contributed by atoms with E-state index in [0.29, 0.717) is 15.8 Å². The van der Waals surface area contributed by atoms with E-state index in [1.807, 2.05) is 19.1 Å². The summed E-state index contributed by atoms with van der Waals surface area (Å²) < 4.78 is 5.59. The zero-order valence-electron chi connectivity index (χ0n) is 14.2. The first-order valence-corrected chi connectivity index (χ1v) is 9.48. The zero-order valence-corrected chi connectivity index (χ0v) is 15.0. The molecule has 2 N–H and O–H groups in total. The van der Waals surface area contributed by atoms with E-state index in [1.54, 1.807) is 6.08 Å². The lowest BCUT2D eigenvalue weighted by atomic mass is 9.84. The minimum absolute atomic E-state index is 0.0430. The molecule has 1 saturated heterocycles. The largest absolute Gasteiger partial charge is 0.480 e. The number of aliphatic imine (C=N–C) groups is 1. The standard InChI is InChI=1S/C18H22N2O4S/c1-2-12-8-9-13(24-12)10-14-16(21)20-18(25-14)19-15(17(22)23)11-6-4-3-5-7-11/h8-11,15H,2-7H2,1H3,(H,22,23)(H,19,20,21)/b14-10-/t15-/m0/s1. The number of nitrogens with one attached hydrogen (secondary N) is 1. The lowest BCUT2D eigenvalue weighted by Crippen LogP contribution is -2.32. The smallest absolute Gasteiger partial charge is 0.328 e. The normalized spacial score (nSPS) is 23.2. The molecule has 1 aromatic heterocycles. The third kappa shape index (κ3) is 4.34. The van der Waals surface area contributed by atoms with E-state index in [0.717, 1.165) is 44.3 Å². The van der Waals surface area contributed by atoms with Crippen LogP contribution in [-0.4, -0.2) is 28.2 Å². The minimum Gasteiger partial charge on any atom is -0.480 e. The van der Waals surface area contributed by atoms with Crippen molar-refractivity contribution in [1.29, 1.82) is 0 Å². The van der Waals surface area contributed by atoms with Crippen LogP contribution in [0.2, 0.25) is 0 Å². The van der Waals surface area contributed by atoms with Gasteiger partial charge in [0.1, 0.15) is 11.5 Å². The highest BCUT2D eigenvalue weighted by Crippen LogP contribution is 2.31. The number of nitrogens with zero attached hydrogens (tertiary/aromatic N) is 1. The Morgan fingerprint density at radius 2 is 2.20 bits per heavy atom. The second kappa shape index (κ2) is 7.91. The Morgan fingerprint density at radius 3 is 2.84 bits per heavy atom. The van der Waals surface area contributed by atoms with Gasteiger partial charge in [-0.3, -0.25) is 4.79 Å². The van der Waals surface area contributed by atoms with Gasteiger partial charge in [-0.1, -0.05) is 26.2 Å². The maximum absolute atomic E-state index is 12.1. The maximum Gasteiger partial charge on any atom is 0.328 e. The lowest BCUT2D eigenvalue weighted by molar-refractivity contribution is -0.140. The van der Waals surface area contributed by atoms with Gasteiger partial charge in [0.15, 0.2) is 11.2 Å². The summed E-state index contributed by atoms with van der Waals surface area (Å²) in [5, 5.41) is 12.6. The van der Waals surface area contributed by atoms with E-state index in [-0.39, 0.29) is 11.8 Å². The minimum atomic E-state index is -0.926. The van der Waals surface area contributed by atoms with Gasteiger partial charge in [-0.2, -0.15) is 0 Å². The highest BCUT2D eigenvalue weighted by Gasteiger charge is 2.32. The van der Waals surface area contributed by atoms with Gasteiger partial charge >= 0.3 is 5.97 Å². The van der Waals surface area contributed by atoms with Crippen molar-refractivity contribution in [1.82, 2.24) is 5.32 Å². The second-order valence-corrected chi connectivity index (χ2v) is 7.37. The Hall–Kier alpha value is -2.02. The molecule has 2 heterocycles. The third-order valence-corrected chi connectivity index (χ3v) is 5.48. The average molecular weight is 362 g/mol. The Bertz CT molecular complexity index is 716. The van der Waals surface area contributed by atoms with Crippen molar-refractivity contribution in [2.75, 3.05) is 0 Å². The van der Waals surface area contributed by atoms with Gasteiger partial charge < -0.3 is 14.8 Å². The number of furan rings is 1. The topological polar surface area (TPSA) is 91.9 Å². The maximum atomic E-state index is 12.1. The fraction of sp³-hybridized carbons (Fsp3) is 0.500. The molecule has 6 nitrogen and oxygen atoms in total. The van der Waals surface area contributed by atoms with Crippen LogP contribution < -0.4 is 5.32 Å². The number of carboxylic acids is 1. The molecule has 2 aliphatic rings. The summed E-state index contributed by atoms with van der Waals surface area (Å²) in [5.74, 6) is 0.308. The van der Waals surface area contributed by atoms with Crippen LogP contribution in [0, 0.1) is 5.92 Å². The molecule has 1 aliphatic carbocycles. The van der Waals surface area contributed by atoms with Gasteiger partial charge in [-0.15, -0.1) is 0 Å². The second-order valence-electron chi connectivity index (χ2n) is 6.34. The molecule has 1 aliphatic heterocycles. The molecule has 25 heavy (non-hydrogen) atoms. The van der Waals surface area contributed by atoms with Crippen LogP contribution in [-0.2, 0) is 16.0 Å². The summed E-state index contributed by atoms with van der Waals surface area (Å²) in [6, 6.07) is 2.90. The molecular weight excluding hydrogens is 340 g/mol. The molecular formula is C18H22N2O4S. The van der Waals surface area contributed by atoms with Crippen molar-refractivity contribution in [2.45, 2.75) is 51.5 Å². The number of rotatable bonds is 5. The molecule has 1 amide bonds. The first kappa shape index (κ1) is 17.8. The summed E-state index contributed by atoms with van der Waals surface area (Å²) in [6.07, 6.45) is 7.45. The monoisotopic (exact) mass is 362 g/mol. The van der Waals surface area contributed by atoms with E-state index >= 15 is 0 Å². The number of amides is 1. The molecule has 134 valence electrons. The first-order valence-electron chi connectivity index (χ1n) is 8.67. The fourth-order valence-electron chi connectivity index (χ4n) is 3.22. The summed E-state index contributed by atoms with van der Waals surface area (Å²) in [4.78, 5) is 28.5. The predicted octanol–water partition coefficient (Wildman–Crippen LogP) is 3.44. The number of amidine groups is 1. The Morgan fingerprint density at radius 1 is 1.44 bits per heavy atom. The van der Waals surface area contributed by atoms with Crippen LogP contribution >= 0.6 is 11.8 Å². The highest BCUT2D eigenvalue weighted by molar-refractivity contribution is 8.18. The Labute approximate surface area is 150 Å². The molecule has 0 spiro atoms. The SMILES string of the molecule is CCc1ccc(/C=C2\SC(=N[C@H](C(=O)O)C3CCCCC3)NC2=O)o1. The summed E-state index contributed by atoms with van der Waals surface area (Å²) in [5.41, 5.74) is 0. The van der Waals surface area contributed by atoms with Gasteiger partial charge in [-0.05, 0) is 42.7 Å². The van der Waals surface area contributed by atoms with Crippen molar-refractivity contribution in [3.63, 3.8) is 0 Å². The van der Waals surface area contributed by atoms with Crippen molar-refractivity contribution in [3.05, 3.63) is 28.6 Å². The average Bonchev–Trinajstić information content (AvgIpc) is 3.20. The molecule has 1 saturated carbocycles. The quantitative estimate of drug-likeness (QED) is 0.783. The van der Waals surface area contributed by atoms with E-state index in [4.69, 9.17) is 4.42 Å². The molecule has 1 atom stereocenters. The van der Waals surface area contributed by atoms with Crippen LogP contribution in [0.3, 0.4) is 0 Å². The van der Waals surface area contributed by atoms with Crippen molar-refractivity contribution in [3.8, 4) is 0 Å². The van der Waals surface area contributed by atoms with Crippen molar-refractivity contribution in [2.24, 2.45) is 10.9 Å². The number of thioether (sulfide) groups is 1. The number of aryl methyl sites for hydroxylation is 1. The number of hydrogen-bond donors (Lipinski definition) is 2. The van der Waals surface area contributed by atoms with Gasteiger partial charge in [0, 0.05) is 12.5 Å². The van der Waals surface area contributed by atoms with Crippen molar-refractivity contribution >= 4 is 34.9 Å². The van der Waals surface area contributed by atoms with Gasteiger partial charge in [-0.25, -0.2) is 9.79 Å². The molecule has 2 fully saturated rings. The summed E-state index contributed by atoms with van der Waals surface area (Å²) in [6.45, 7) is 1.99. The van der Waals surface area contributed by atoms with Crippen LogP contribution in [0.1, 0.15) is 50.5 Å². The first-order chi connectivity index (χ1) is 12.1. The molecule has 0 aromatic carbocycles. The van der Waals surface area contributed by atoms with Crippen LogP contribution in [0.25, 0.3) is 6.08 Å². The molecule has 7 heteroatoms. The lowest BCUT2D eigenvalue weighted by Gasteiger charge is -2.25. The fourth-order valence-corrected chi connectivity index (χ4v) is 4.06. The Balaban J connectivity index is 1.75. The van der Waals surface area contributed by atoms with Crippen LogP contribution in [0.15, 0.2) is 26.4 Å². The van der Waals surface area contributed by atoms with Crippen LogP contribution in [0.4, 0.5) is 0 Å². The number of aliphatic carboxylic acids is 1. The van der Waals surface area contributed by atoms with Crippen molar-refractivity contribution < 1.29 is 19.1 Å². The van der Waals surface area contributed by atoms with Crippen LogP contribution in [0.5, 0.6) is 0 Å². The highest BCUT2D eigenvalue weighted by atomic mass is 32.2. The van der Waals surface area contributed by atoms with E-state index in [9.17, 15) is 14.7 Å². The number of hydrogen-bond acceptors (Lipinski definition) is 5. The van der Waals surface area contributed by atoms with E-state index in [2.05, 4.69) is 10.3 Å². The summed E-state index contributed by atoms with van der Waals surface area (Å²) in [7, 11) is 0. The number of carbonyl (C=O) groups is 2.